The molecule has 0 bridgehead atoms. The number of carbonyl (C=O) groups is 1. The van der Waals surface area contributed by atoms with E-state index in [9.17, 15) is 4.79 Å². The van der Waals surface area contributed by atoms with Gasteiger partial charge in [-0.25, -0.2) is 4.79 Å². The number of carbonyl (C=O) groups excluding carboxylic acids is 1. The fourth-order valence-electron chi connectivity index (χ4n) is 1.17. The quantitative estimate of drug-likeness (QED) is 0.619. The first-order valence-electron chi connectivity index (χ1n) is 4.71. The molecule has 0 radical (unpaired) electrons. The third kappa shape index (κ3) is 4.24. The summed E-state index contributed by atoms with van der Waals surface area (Å²) in [5, 5.41) is 0. The van der Waals surface area contributed by atoms with Crippen LogP contribution in [0.15, 0.2) is 0 Å². The summed E-state index contributed by atoms with van der Waals surface area (Å²) < 4.78 is 15.1. The van der Waals surface area contributed by atoms with Crippen molar-refractivity contribution in [2.24, 2.45) is 0 Å². The van der Waals surface area contributed by atoms with Crippen LogP contribution in [0.2, 0.25) is 0 Å². The molecule has 4 nitrogen and oxygen atoms in total. The van der Waals surface area contributed by atoms with Crippen LogP contribution < -0.4 is 0 Å². The lowest BCUT2D eigenvalue weighted by atomic mass is 10.2. The largest absolute Gasteiger partial charge is 0.434 e. The Kier molecular flexibility index (Phi) is 4.78. The van der Waals surface area contributed by atoms with E-state index in [1.165, 1.54) is 0 Å². The van der Waals surface area contributed by atoms with Crippen LogP contribution in [0.4, 0.5) is 0 Å². The van der Waals surface area contributed by atoms with E-state index in [1.54, 1.807) is 0 Å². The molecule has 0 aromatic rings. The van der Waals surface area contributed by atoms with Gasteiger partial charge in [0.1, 0.15) is 6.61 Å². The number of hydrogen-bond donors (Lipinski definition) is 0. The average Bonchev–Trinajstić information content (AvgIpc) is 2.16. The summed E-state index contributed by atoms with van der Waals surface area (Å²) in [6, 6.07) is 0. The molecule has 1 saturated heterocycles. The molecule has 76 valence electrons. The topological polar surface area (TPSA) is 44.8 Å². The Morgan fingerprint density at radius 1 is 1.54 bits per heavy atom. The summed E-state index contributed by atoms with van der Waals surface area (Å²) in [5.41, 5.74) is 0. The van der Waals surface area contributed by atoms with Crippen molar-refractivity contribution in [2.45, 2.75) is 32.5 Å². The van der Waals surface area contributed by atoms with E-state index in [1.807, 2.05) is 6.92 Å². The van der Waals surface area contributed by atoms with Crippen molar-refractivity contribution in [3.05, 3.63) is 0 Å². The van der Waals surface area contributed by atoms with Crippen molar-refractivity contribution in [3.63, 3.8) is 0 Å². The van der Waals surface area contributed by atoms with Crippen LogP contribution >= 0.6 is 0 Å². The van der Waals surface area contributed by atoms with E-state index in [0.717, 1.165) is 19.3 Å². The number of ether oxygens (including phenoxy) is 3. The van der Waals surface area contributed by atoms with Crippen LogP contribution in [0.5, 0.6) is 0 Å². The minimum absolute atomic E-state index is 0.0242. The van der Waals surface area contributed by atoms with E-state index < -0.39 is 0 Å². The molecule has 0 aliphatic carbocycles. The SMILES string of the molecule is CCOCC(=O)OC1CCCCO1. The lowest BCUT2D eigenvalue weighted by Gasteiger charge is -2.22. The highest BCUT2D eigenvalue weighted by Crippen LogP contribution is 2.13. The van der Waals surface area contributed by atoms with E-state index in [2.05, 4.69) is 0 Å². The lowest BCUT2D eigenvalue weighted by Crippen LogP contribution is -2.27. The Morgan fingerprint density at radius 3 is 3.00 bits per heavy atom. The van der Waals surface area contributed by atoms with E-state index >= 15 is 0 Å². The van der Waals surface area contributed by atoms with Crippen LogP contribution in [0.3, 0.4) is 0 Å². The molecule has 0 aromatic heterocycles. The van der Waals surface area contributed by atoms with Gasteiger partial charge < -0.3 is 14.2 Å². The van der Waals surface area contributed by atoms with Crippen molar-refractivity contribution in [1.29, 1.82) is 0 Å². The van der Waals surface area contributed by atoms with E-state index in [4.69, 9.17) is 14.2 Å². The Labute approximate surface area is 78.2 Å². The normalized spacial score (nSPS) is 22.7. The van der Waals surface area contributed by atoms with Crippen LogP contribution in [0, 0.1) is 0 Å². The summed E-state index contributed by atoms with van der Waals surface area (Å²) in [6.45, 7) is 3.08. The molecule has 0 aromatic carbocycles. The van der Waals surface area contributed by atoms with Gasteiger partial charge in [-0.1, -0.05) is 0 Å². The highest BCUT2D eigenvalue weighted by Gasteiger charge is 2.17. The second-order valence-corrected chi connectivity index (χ2v) is 2.92. The molecule has 1 fully saturated rings. The Hall–Kier alpha value is -0.610. The first-order valence-corrected chi connectivity index (χ1v) is 4.71. The van der Waals surface area contributed by atoms with Gasteiger partial charge in [-0.15, -0.1) is 0 Å². The number of hydrogen-bond acceptors (Lipinski definition) is 4. The van der Waals surface area contributed by atoms with Crippen molar-refractivity contribution in [2.75, 3.05) is 19.8 Å². The average molecular weight is 188 g/mol. The molecule has 1 unspecified atom stereocenters. The molecular formula is C9H16O4. The predicted octanol–water partition coefficient (Wildman–Crippen LogP) is 1.09. The molecular weight excluding hydrogens is 172 g/mol. The molecule has 1 aliphatic heterocycles. The minimum Gasteiger partial charge on any atom is -0.434 e. The third-order valence-corrected chi connectivity index (χ3v) is 1.82. The maximum absolute atomic E-state index is 11.0. The second kappa shape index (κ2) is 5.94. The zero-order valence-electron chi connectivity index (χ0n) is 7.95. The van der Waals surface area contributed by atoms with Gasteiger partial charge >= 0.3 is 5.97 Å². The highest BCUT2D eigenvalue weighted by atomic mass is 16.7. The van der Waals surface area contributed by atoms with Crippen molar-refractivity contribution < 1.29 is 19.0 Å². The maximum atomic E-state index is 11.0. The molecule has 1 aliphatic rings. The molecule has 0 saturated carbocycles. The molecule has 4 heteroatoms. The van der Waals surface area contributed by atoms with Crippen LogP contribution in [-0.2, 0) is 19.0 Å². The van der Waals surface area contributed by atoms with Gasteiger partial charge in [0.25, 0.3) is 0 Å². The summed E-state index contributed by atoms with van der Waals surface area (Å²) in [4.78, 5) is 11.0. The molecule has 1 atom stereocenters. The smallest absolute Gasteiger partial charge is 0.334 e. The Balaban J connectivity index is 2.11. The van der Waals surface area contributed by atoms with Gasteiger partial charge in [0.05, 0.1) is 6.61 Å². The van der Waals surface area contributed by atoms with Crippen LogP contribution in [0.1, 0.15) is 26.2 Å². The van der Waals surface area contributed by atoms with E-state index in [0.29, 0.717) is 13.2 Å². The van der Waals surface area contributed by atoms with E-state index in [-0.39, 0.29) is 18.9 Å². The summed E-state index contributed by atoms with van der Waals surface area (Å²) in [7, 11) is 0. The fraction of sp³-hybridized carbons (Fsp3) is 0.889. The zero-order valence-corrected chi connectivity index (χ0v) is 7.95. The van der Waals surface area contributed by atoms with Gasteiger partial charge in [0, 0.05) is 13.0 Å². The molecule has 0 N–H and O–H groups in total. The monoisotopic (exact) mass is 188 g/mol. The molecule has 0 amide bonds. The summed E-state index contributed by atoms with van der Waals surface area (Å²) >= 11 is 0. The van der Waals surface area contributed by atoms with Gasteiger partial charge in [-0.3, -0.25) is 0 Å². The lowest BCUT2D eigenvalue weighted by molar-refractivity contribution is -0.190. The first-order chi connectivity index (χ1) is 6.33. The van der Waals surface area contributed by atoms with Gasteiger partial charge in [0.15, 0.2) is 0 Å². The summed E-state index contributed by atoms with van der Waals surface area (Å²) in [5.74, 6) is -0.339. The molecule has 1 heterocycles. The first kappa shape index (κ1) is 10.5. The highest BCUT2D eigenvalue weighted by molar-refractivity contribution is 5.70. The minimum atomic E-state index is -0.346. The standard InChI is InChI=1S/C9H16O4/c1-2-11-7-8(10)13-9-5-3-4-6-12-9/h9H,2-7H2,1H3. The fourth-order valence-corrected chi connectivity index (χ4v) is 1.17. The maximum Gasteiger partial charge on any atom is 0.334 e. The zero-order chi connectivity index (χ0) is 9.52. The number of esters is 1. The Morgan fingerprint density at radius 2 is 2.38 bits per heavy atom. The van der Waals surface area contributed by atoms with Crippen molar-refractivity contribution >= 4 is 5.97 Å². The van der Waals surface area contributed by atoms with Crippen LogP contribution in [-0.4, -0.2) is 32.1 Å². The van der Waals surface area contributed by atoms with Gasteiger partial charge in [-0.2, -0.15) is 0 Å². The van der Waals surface area contributed by atoms with Crippen LogP contribution in [0.25, 0.3) is 0 Å². The summed E-state index contributed by atoms with van der Waals surface area (Å²) in [6.07, 6.45) is 2.57. The molecule has 1 rings (SSSR count). The molecule has 13 heavy (non-hydrogen) atoms. The van der Waals surface area contributed by atoms with Crippen molar-refractivity contribution in [3.8, 4) is 0 Å². The Bertz CT molecular complexity index is 152. The number of rotatable bonds is 4. The third-order valence-electron chi connectivity index (χ3n) is 1.82. The molecule has 0 spiro atoms. The second-order valence-electron chi connectivity index (χ2n) is 2.92. The predicted molar refractivity (Wildman–Crippen MR) is 46.2 cm³/mol. The van der Waals surface area contributed by atoms with Gasteiger partial charge in [0.2, 0.25) is 6.29 Å². The van der Waals surface area contributed by atoms with Crippen molar-refractivity contribution in [1.82, 2.24) is 0 Å². The van der Waals surface area contributed by atoms with Gasteiger partial charge in [-0.05, 0) is 19.8 Å².